The predicted octanol–water partition coefficient (Wildman–Crippen LogP) is 5.02. The van der Waals surface area contributed by atoms with Crippen LogP contribution in [0.4, 0.5) is 19.0 Å². The van der Waals surface area contributed by atoms with Crippen LogP contribution >= 0.6 is 11.8 Å². The monoisotopic (exact) mass is 471 g/mol. The Morgan fingerprint density at radius 1 is 1.00 bits per heavy atom. The summed E-state index contributed by atoms with van der Waals surface area (Å²) in [6.45, 7) is 0. The fraction of sp³-hybridized carbons (Fsp3) is 0.0909. The van der Waals surface area contributed by atoms with Gasteiger partial charge in [0.05, 0.1) is 11.3 Å². The summed E-state index contributed by atoms with van der Waals surface area (Å²) in [6.07, 6.45) is -3.28. The second-order valence-corrected chi connectivity index (χ2v) is 7.61. The van der Waals surface area contributed by atoms with Gasteiger partial charge in [0.15, 0.2) is 5.82 Å². The molecule has 2 aromatic heterocycles. The van der Waals surface area contributed by atoms with Crippen LogP contribution in [-0.2, 0) is 6.18 Å². The van der Waals surface area contributed by atoms with Gasteiger partial charge in [0.25, 0.3) is 0 Å². The Morgan fingerprint density at radius 3 is 2.06 bits per heavy atom. The van der Waals surface area contributed by atoms with E-state index in [0.717, 1.165) is 16.4 Å². The third-order valence-electron chi connectivity index (χ3n) is 4.75. The SMILES string of the molecule is CSc1nn(-c2nc(C(F)(F)F)nc(-c3ccccc3)c2-c2ccccc2)c(N)c1C(=O)O. The summed E-state index contributed by atoms with van der Waals surface area (Å²) in [6, 6.07) is 16.9. The highest BCUT2D eigenvalue weighted by molar-refractivity contribution is 7.98. The number of benzene rings is 2. The molecule has 0 aliphatic rings. The number of carboxylic acid groups (broad SMARTS) is 1. The van der Waals surface area contributed by atoms with E-state index in [1.807, 2.05) is 0 Å². The average molecular weight is 471 g/mol. The van der Waals surface area contributed by atoms with Gasteiger partial charge in [-0.05, 0) is 11.8 Å². The lowest BCUT2D eigenvalue weighted by molar-refractivity contribution is -0.144. The van der Waals surface area contributed by atoms with Crippen LogP contribution in [0.3, 0.4) is 0 Å². The Labute approximate surface area is 190 Å². The molecule has 2 aromatic carbocycles. The second kappa shape index (κ2) is 8.58. The molecule has 0 aliphatic carbocycles. The first-order valence-electron chi connectivity index (χ1n) is 9.48. The van der Waals surface area contributed by atoms with Crippen molar-refractivity contribution in [3.05, 3.63) is 72.1 Å². The van der Waals surface area contributed by atoms with Crippen LogP contribution in [-0.4, -0.2) is 37.1 Å². The number of halogens is 3. The van der Waals surface area contributed by atoms with E-state index in [0.29, 0.717) is 11.1 Å². The third kappa shape index (κ3) is 4.14. The molecule has 11 heteroatoms. The Bertz CT molecular complexity index is 1330. The van der Waals surface area contributed by atoms with Gasteiger partial charge in [-0.15, -0.1) is 11.8 Å². The van der Waals surface area contributed by atoms with Gasteiger partial charge in [-0.3, -0.25) is 0 Å². The molecule has 33 heavy (non-hydrogen) atoms. The Kier molecular flexibility index (Phi) is 5.81. The molecule has 0 aliphatic heterocycles. The normalized spacial score (nSPS) is 11.5. The topological polar surface area (TPSA) is 107 Å². The number of hydrogen-bond acceptors (Lipinski definition) is 6. The van der Waals surface area contributed by atoms with E-state index < -0.39 is 18.0 Å². The zero-order valence-electron chi connectivity index (χ0n) is 17.0. The summed E-state index contributed by atoms with van der Waals surface area (Å²) in [5.74, 6) is -3.36. The lowest BCUT2D eigenvalue weighted by Gasteiger charge is -2.17. The minimum absolute atomic E-state index is 0.0107. The quantitative estimate of drug-likeness (QED) is 0.394. The Morgan fingerprint density at radius 2 is 1.58 bits per heavy atom. The molecule has 3 N–H and O–H groups in total. The second-order valence-electron chi connectivity index (χ2n) is 6.81. The Balaban J connectivity index is 2.16. The van der Waals surface area contributed by atoms with Gasteiger partial charge in [-0.25, -0.2) is 14.8 Å². The van der Waals surface area contributed by atoms with E-state index >= 15 is 0 Å². The molecule has 0 saturated heterocycles. The minimum Gasteiger partial charge on any atom is -0.477 e. The number of nitrogens with zero attached hydrogens (tertiary/aromatic N) is 4. The molecular weight excluding hydrogens is 455 g/mol. The summed E-state index contributed by atoms with van der Waals surface area (Å²) in [5.41, 5.74) is 6.93. The van der Waals surface area contributed by atoms with Crippen molar-refractivity contribution in [2.45, 2.75) is 11.2 Å². The standard InChI is InChI=1S/C22H16F3N5O2S/c1-33-19-15(20(31)32)17(26)30(29-19)18-14(12-8-4-2-5-9-12)16(13-10-6-3-7-11-13)27-21(28-18)22(23,24)25/h2-11H,26H2,1H3,(H,31,32). The predicted molar refractivity (Wildman–Crippen MR) is 118 cm³/mol. The summed E-state index contributed by atoms with van der Waals surface area (Å²) in [5, 5.41) is 13.8. The summed E-state index contributed by atoms with van der Waals surface area (Å²) in [4.78, 5) is 19.4. The average Bonchev–Trinajstić information content (AvgIpc) is 3.15. The number of carboxylic acids is 1. The molecule has 168 valence electrons. The number of carbonyl (C=O) groups is 1. The molecule has 0 radical (unpaired) electrons. The van der Waals surface area contributed by atoms with E-state index in [2.05, 4.69) is 15.1 Å². The maximum absolute atomic E-state index is 13.8. The Hall–Kier alpha value is -3.86. The fourth-order valence-corrected chi connectivity index (χ4v) is 3.88. The molecule has 7 nitrogen and oxygen atoms in total. The molecule has 0 saturated carbocycles. The highest BCUT2D eigenvalue weighted by Crippen LogP contribution is 2.39. The molecule has 0 unspecified atom stereocenters. The van der Waals surface area contributed by atoms with Crippen LogP contribution in [0, 0.1) is 0 Å². The summed E-state index contributed by atoms with van der Waals surface area (Å²) < 4.78 is 42.4. The van der Waals surface area contributed by atoms with Gasteiger partial charge in [0, 0.05) is 5.56 Å². The number of nitrogens with two attached hydrogens (primary N) is 1. The number of nitrogen functional groups attached to an aromatic ring is 1. The van der Waals surface area contributed by atoms with Crippen LogP contribution in [0.1, 0.15) is 16.2 Å². The number of rotatable bonds is 5. The molecule has 0 spiro atoms. The van der Waals surface area contributed by atoms with E-state index in [1.54, 1.807) is 66.9 Å². The van der Waals surface area contributed by atoms with Crippen molar-refractivity contribution in [2.24, 2.45) is 0 Å². The molecule has 0 atom stereocenters. The lowest BCUT2D eigenvalue weighted by Crippen LogP contribution is -2.17. The smallest absolute Gasteiger partial charge is 0.451 e. The zero-order chi connectivity index (χ0) is 23.8. The molecule has 4 rings (SSSR count). The molecular formula is C22H16F3N5O2S. The van der Waals surface area contributed by atoms with Gasteiger partial charge in [0.1, 0.15) is 16.4 Å². The number of thioether (sulfide) groups is 1. The van der Waals surface area contributed by atoms with Crippen molar-refractivity contribution >= 4 is 23.5 Å². The molecule has 0 bridgehead atoms. The molecule has 2 heterocycles. The van der Waals surface area contributed by atoms with Crippen LogP contribution < -0.4 is 5.73 Å². The van der Waals surface area contributed by atoms with Crippen molar-refractivity contribution < 1.29 is 23.1 Å². The van der Waals surface area contributed by atoms with Crippen molar-refractivity contribution in [1.82, 2.24) is 19.7 Å². The summed E-state index contributed by atoms with van der Waals surface area (Å²) >= 11 is 1.01. The number of aromatic carboxylic acids is 1. The largest absolute Gasteiger partial charge is 0.477 e. The number of alkyl halides is 3. The third-order valence-corrected chi connectivity index (χ3v) is 5.42. The lowest BCUT2D eigenvalue weighted by atomic mass is 9.99. The van der Waals surface area contributed by atoms with Gasteiger partial charge in [0.2, 0.25) is 5.82 Å². The summed E-state index contributed by atoms with van der Waals surface area (Å²) in [7, 11) is 0. The van der Waals surface area contributed by atoms with E-state index in [1.165, 1.54) is 0 Å². The highest BCUT2D eigenvalue weighted by atomic mass is 32.2. The van der Waals surface area contributed by atoms with Crippen molar-refractivity contribution in [3.8, 4) is 28.2 Å². The zero-order valence-corrected chi connectivity index (χ0v) is 17.9. The van der Waals surface area contributed by atoms with Crippen molar-refractivity contribution in [1.29, 1.82) is 0 Å². The number of anilines is 1. The molecule has 0 amide bonds. The number of aromatic nitrogens is 4. The van der Waals surface area contributed by atoms with Gasteiger partial charge in [-0.2, -0.15) is 23.0 Å². The maximum Gasteiger partial charge on any atom is 0.451 e. The highest BCUT2D eigenvalue weighted by Gasteiger charge is 2.38. The van der Waals surface area contributed by atoms with Crippen LogP contribution in [0.15, 0.2) is 65.7 Å². The number of hydrogen-bond donors (Lipinski definition) is 2. The van der Waals surface area contributed by atoms with Gasteiger partial charge in [-0.1, -0.05) is 60.7 Å². The van der Waals surface area contributed by atoms with Crippen LogP contribution in [0.2, 0.25) is 0 Å². The van der Waals surface area contributed by atoms with Gasteiger partial charge >= 0.3 is 12.1 Å². The first kappa shape index (κ1) is 22.3. The fourth-order valence-electron chi connectivity index (χ4n) is 3.32. The van der Waals surface area contributed by atoms with Gasteiger partial charge < -0.3 is 10.8 Å². The molecule has 0 fully saturated rings. The molecule has 4 aromatic rings. The van der Waals surface area contributed by atoms with Crippen molar-refractivity contribution in [3.63, 3.8) is 0 Å². The first-order valence-corrected chi connectivity index (χ1v) is 10.7. The van der Waals surface area contributed by atoms with Crippen LogP contribution in [0.25, 0.3) is 28.2 Å². The first-order chi connectivity index (χ1) is 15.7. The van der Waals surface area contributed by atoms with E-state index in [4.69, 9.17) is 5.73 Å². The van der Waals surface area contributed by atoms with Crippen LogP contribution in [0.5, 0.6) is 0 Å². The van der Waals surface area contributed by atoms with Crippen molar-refractivity contribution in [2.75, 3.05) is 12.0 Å². The maximum atomic E-state index is 13.8. The van der Waals surface area contributed by atoms with E-state index in [9.17, 15) is 23.1 Å². The minimum atomic E-state index is -4.87. The van der Waals surface area contributed by atoms with E-state index in [-0.39, 0.29) is 33.5 Å².